The van der Waals surface area contributed by atoms with Crippen molar-refractivity contribution in [1.29, 1.82) is 0 Å². The van der Waals surface area contributed by atoms with Gasteiger partial charge in [-0.05, 0) is 61.2 Å². The minimum Gasteiger partial charge on any atom is -0.490 e. The van der Waals surface area contributed by atoms with E-state index in [1.807, 2.05) is 75.4 Å². The molecule has 1 saturated heterocycles. The van der Waals surface area contributed by atoms with Crippen LogP contribution in [0.15, 0.2) is 66.7 Å². The summed E-state index contributed by atoms with van der Waals surface area (Å²) >= 11 is 6.19. The maximum atomic E-state index is 13.7. The second-order valence-corrected chi connectivity index (χ2v) is 10.5. The van der Waals surface area contributed by atoms with Gasteiger partial charge in [0.1, 0.15) is 18.0 Å². The molecule has 200 valence electrons. The summed E-state index contributed by atoms with van der Waals surface area (Å²) in [6, 6.07) is 21.1. The Bertz CT molecular complexity index is 1280. The molecular weight excluding hydrogens is 500 g/mol. The summed E-state index contributed by atoms with van der Waals surface area (Å²) in [4.78, 5) is 30.6. The Kier molecular flexibility index (Phi) is 8.75. The van der Waals surface area contributed by atoms with Crippen LogP contribution >= 0.6 is 11.6 Å². The van der Waals surface area contributed by atoms with E-state index in [-0.39, 0.29) is 31.4 Å². The minimum atomic E-state index is -1.000. The maximum absolute atomic E-state index is 13.7. The molecule has 0 saturated carbocycles. The molecule has 3 aromatic rings. The van der Waals surface area contributed by atoms with Crippen molar-refractivity contribution in [3.63, 3.8) is 0 Å². The predicted molar refractivity (Wildman–Crippen MR) is 150 cm³/mol. The molecule has 0 aliphatic carbocycles. The van der Waals surface area contributed by atoms with Gasteiger partial charge in [0, 0.05) is 30.7 Å². The Balaban J connectivity index is 1.57. The number of benzene rings is 3. The zero-order chi connectivity index (χ0) is 27.3. The summed E-state index contributed by atoms with van der Waals surface area (Å²) in [6.45, 7) is 7.42. The molecule has 1 aliphatic rings. The lowest BCUT2D eigenvalue weighted by Gasteiger charge is -2.43. The molecule has 38 heavy (non-hydrogen) atoms. The normalized spacial score (nSPS) is 17.2. The standard InChI is InChI=1S/C31H35ClN2O4/c1-22-9-8-10-23(2)29(22)30(36)34-15-16-38-31(20-34,21-37-26-13-14-27(32)24(3)17-26)18-28(35)33(4)19-25-11-6-5-7-12-25/h5-14,17H,15-16,18-21H2,1-4H3/t31-/m0/s1. The molecule has 0 radical (unpaired) electrons. The van der Waals surface area contributed by atoms with Crippen molar-refractivity contribution < 1.29 is 19.1 Å². The fourth-order valence-corrected chi connectivity index (χ4v) is 4.97. The third kappa shape index (κ3) is 6.55. The summed E-state index contributed by atoms with van der Waals surface area (Å²) in [5.74, 6) is 0.505. The summed E-state index contributed by atoms with van der Waals surface area (Å²) in [5.41, 5.74) is 3.50. The highest BCUT2D eigenvalue weighted by molar-refractivity contribution is 6.31. The Hall–Kier alpha value is -3.35. The van der Waals surface area contributed by atoms with Crippen molar-refractivity contribution in [2.24, 2.45) is 0 Å². The average Bonchev–Trinajstić information content (AvgIpc) is 2.90. The van der Waals surface area contributed by atoms with Gasteiger partial charge in [-0.25, -0.2) is 0 Å². The number of carbonyl (C=O) groups excluding carboxylic acids is 2. The molecule has 0 aromatic heterocycles. The van der Waals surface area contributed by atoms with E-state index in [2.05, 4.69) is 0 Å². The van der Waals surface area contributed by atoms with Gasteiger partial charge in [-0.1, -0.05) is 60.1 Å². The van der Waals surface area contributed by atoms with Crippen LogP contribution < -0.4 is 4.74 Å². The molecule has 2 amide bonds. The molecule has 0 N–H and O–H groups in total. The summed E-state index contributed by atoms with van der Waals surface area (Å²) in [7, 11) is 1.79. The lowest BCUT2D eigenvalue weighted by Crippen LogP contribution is -2.58. The van der Waals surface area contributed by atoms with Crippen molar-refractivity contribution in [2.45, 2.75) is 39.3 Å². The Morgan fingerprint density at radius 3 is 2.39 bits per heavy atom. The number of hydrogen-bond donors (Lipinski definition) is 0. The number of hydrogen-bond acceptors (Lipinski definition) is 4. The van der Waals surface area contributed by atoms with Crippen LogP contribution in [0.4, 0.5) is 0 Å². The van der Waals surface area contributed by atoms with Crippen LogP contribution in [0.1, 0.15) is 39.0 Å². The van der Waals surface area contributed by atoms with Crippen molar-refractivity contribution in [2.75, 3.05) is 33.4 Å². The van der Waals surface area contributed by atoms with Gasteiger partial charge < -0.3 is 19.3 Å². The highest BCUT2D eigenvalue weighted by Crippen LogP contribution is 2.29. The number of nitrogens with zero attached hydrogens (tertiary/aromatic N) is 2. The number of amides is 2. The first-order valence-electron chi connectivity index (χ1n) is 12.8. The van der Waals surface area contributed by atoms with Gasteiger partial charge in [-0.2, -0.15) is 0 Å². The molecule has 1 aliphatic heterocycles. The van der Waals surface area contributed by atoms with Gasteiger partial charge >= 0.3 is 0 Å². The highest BCUT2D eigenvalue weighted by atomic mass is 35.5. The molecule has 4 rings (SSSR count). The Morgan fingerprint density at radius 1 is 1.00 bits per heavy atom. The smallest absolute Gasteiger partial charge is 0.254 e. The van der Waals surface area contributed by atoms with Gasteiger partial charge in [0.15, 0.2) is 0 Å². The van der Waals surface area contributed by atoms with Gasteiger partial charge in [0.25, 0.3) is 5.91 Å². The second-order valence-electron chi connectivity index (χ2n) is 10.1. The van der Waals surface area contributed by atoms with Crippen molar-refractivity contribution in [1.82, 2.24) is 9.80 Å². The van der Waals surface area contributed by atoms with Crippen LogP contribution in [-0.4, -0.2) is 60.6 Å². The molecule has 1 fully saturated rings. The van der Waals surface area contributed by atoms with E-state index in [1.165, 1.54) is 0 Å². The fourth-order valence-electron chi connectivity index (χ4n) is 4.85. The zero-order valence-electron chi connectivity index (χ0n) is 22.5. The van der Waals surface area contributed by atoms with Gasteiger partial charge in [-0.3, -0.25) is 9.59 Å². The number of halogens is 1. The third-order valence-corrected chi connectivity index (χ3v) is 7.45. The van der Waals surface area contributed by atoms with E-state index in [1.54, 1.807) is 29.0 Å². The topological polar surface area (TPSA) is 59.1 Å². The monoisotopic (exact) mass is 534 g/mol. The molecule has 1 heterocycles. The lowest BCUT2D eigenvalue weighted by atomic mass is 9.95. The SMILES string of the molecule is Cc1cc(OC[C@]2(CC(=O)N(C)Cc3ccccc3)CN(C(=O)c3c(C)cccc3C)CCO2)ccc1Cl. The highest BCUT2D eigenvalue weighted by Gasteiger charge is 2.42. The van der Waals surface area contributed by atoms with E-state index in [4.69, 9.17) is 21.1 Å². The first-order chi connectivity index (χ1) is 18.2. The van der Waals surface area contributed by atoms with Crippen LogP contribution in [0.25, 0.3) is 0 Å². The quantitative estimate of drug-likeness (QED) is 0.377. The fraction of sp³-hybridized carbons (Fsp3) is 0.355. The van der Waals surface area contributed by atoms with E-state index in [9.17, 15) is 9.59 Å². The molecule has 1 atom stereocenters. The van der Waals surface area contributed by atoms with E-state index >= 15 is 0 Å². The van der Waals surface area contributed by atoms with Gasteiger partial charge in [-0.15, -0.1) is 0 Å². The Labute approximate surface area is 230 Å². The first-order valence-corrected chi connectivity index (χ1v) is 13.2. The molecular formula is C31H35ClN2O4. The number of carbonyl (C=O) groups is 2. The van der Waals surface area contributed by atoms with E-state index in [0.29, 0.717) is 36.0 Å². The maximum Gasteiger partial charge on any atom is 0.254 e. The molecule has 7 heteroatoms. The van der Waals surface area contributed by atoms with Crippen molar-refractivity contribution in [3.05, 3.63) is 99.6 Å². The zero-order valence-corrected chi connectivity index (χ0v) is 23.3. The van der Waals surface area contributed by atoms with E-state index in [0.717, 1.165) is 22.3 Å². The second kappa shape index (κ2) is 12.0. The number of aryl methyl sites for hydroxylation is 3. The lowest BCUT2D eigenvalue weighted by molar-refractivity contribution is -0.152. The number of morpholine rings is 1. The van der Waals surface area contributed by atoms with Crippen LogP contribution in [0, 0.1) is 20.8 Å². The average molecular weight is 535 g/mol. The van der Waals surface area contributed by atoms with Crippen LogP contribution in [0.2, 0.25) is 5.02 Å². The molecule has 0 spiro atoms. The van der Waals surface area contributed by atoms with Crippen molar-refractivity contribution in [3.8, 4) is 5.75 Å². The van der Waals surface area contributed by atoms with Crippen LogP contribution in [0.5, 0.6) is 5.75 Å². The van der Waals surface area contributed by atoms with E-state index < -0.39 is 5.60 Å². The van der Waals surface area contributed by atoms with Crippen LogP contribution in [-0.2, 0) is 16.1 Å². The molecule has 0 bridgehead atoms. The predicted octanol–water partition coefficient (Wildman–Crippen LogP) is 5.60. The first kappa shape index (κ1) is 27.7. The van der Waals surface area contributed by atoms with Gasteiger partial charge in [0.05, 0.1) is 19.6 Å². The summed E-state index contributed by atoms with van der Waals surface area (Å²) in [6.07, 6.45) is 0.0828. The number of rotatable bonds is 8. The Morgan fingerprint density at radius 2 is 1.71 bits per heavy atom. The largest absolute Gasteiger partial charge is 0.490 e. The summed E-state index contributed by atoms with van der Waals surface area (Å²) < 4.78 is 12.5. The third-order valence-electron chi connectivity index (χ3n) is 7.02. The number of ether oxygens (including phenoxy) is 2. The molecule has 3 aromatic carbocycles. The summed E-state index contributed by atoms with van der Waals surface area (Å²) in [5, 5.41) is 0.657. The molecule has 0 unspecified atom stereocenters. The van der Waals surface area contributed by atoms with Gasteiger partial charge in [0.2, 0.25) is 5.91 Å². The van der Waals surface area contributed by atoms with Crippen LogP contribution in [0.3, 0.4) is 0 Å². The molecule has 6 nitrogen and oxygen atoms in total. The van der Waals surface area contributed by atoms with Crippen molar-refractivity contribution >= 4 is 23.4 Å². The minimum absolute atomic E-state index is 0.0549.